The molecule has 272 valence electrons. The predicted octanol–water partition coefficient (Wildman–Crippen LogP) is 7.81. The number of nitrogens with zero attached hydrogens (tertiary/aromatic N) is 2. The Morgan fingerprint density at radius 1 is 0.537 bits per heavy atom. The Hall–Kier alpha value is -7.34. The van der Waals surface area contributed by atoms with Gasteiger partial charge < -0.3 is 32.3 Å². The number of benzene rings is 4. The first-order valence-electron chi connectivity index (χ1n) is 16.7. The number of primary amides is 2. The number of hydrogen-bond donors (Lipinski definition) is 6. The van der Waals surface area contributed by atoms with Crippen LogP contribution in [0.3, 0.4) is 0 Å². The minimum Gasteiger partial charge on any atom is -0.478 e. The minimum absolute atomic E-state index is 0.200. The van der Waals surface area contributed by atoms with Crippen LogP contribution in [0.1, 0.15) is 63.7 Å². The van der Waals surface area contributed by atoms with Gasteiger partial charge in [-0.1, -0.05) is 47.5 Å². The number of aryl methyl sites for hydroxylation is 4. The highest BCUT2D eigenvalue weighted by Gasteiger charge is 2.14. The maximum absolute atomic E-state index is 11.5. The van der Waals surface area contributed by atoms with Crippen molar-refractivity contribution in [3.8, 4) is 22.5 Å². The van der Waals surface area contributed by atoms with Gasteiger partial charge in [-0.15, -0.1) is 0 Å². The molecule has 0 spiro atoms. The van der Waals surface area contributed by atoms with Crippen LogP contribution < -0.4 is 22.1 Å². The maximum atomic E-state index is 11.5. The van der Waals surface area contributed by atoms with Gasteiger partial charge >= 0.3 is 11.9 Å². The fraction of sp³-hybridized carbons (Fsp3) is 0.0952. The molecule has 4 aromatic carbocycles. The van der Waals surface area contributed by atoms with E-state index in [1.54, 1.807) is 73.1 Å². The highest BCUT2D eigenvalue weighted by Crippen LogP contribution is 2.29. The summed E-state index contributed by atoms with van der Waals surface area (Å²) in [6, 6.07) is 28.1. The number of aromatic carboxylic acids is 2. The maximum Gasteiger partial charge on any atom is 0.337 e. The molecule has 2 amide bonds. The van der Waals surface area contributed by atoms with Crippen molar-refractivity contribution in [1.29, 1.82) is 0 Å². The van der Waals surface area contributed by atoms with Gasteiger partial charge in [-0.05, 0) is 99.5 Å². The molecule has 0 aliphatic rings. The largest absolute Gasteiger partial charge is 0.478 e. The Morgan fingerprint density at radius 2 is 0.926 bits per heavy atom. The number of anilines is 4. The molecule has 8 N–H and O–H groups in total. The van der Waals surface area contributed by atoms with Crippen molar-refractivity contribution >= 4 is 46.5 Å². The Bertz CT molecular complexity index is 2260. The monoisotopic (exact) mass is 722 g/mol. The number of hydrogen-bond acceptors (Lipinski definition) is 8. The van der Waals surface area contributed by atoms with E-state index in [1.807, 2.05) is 64.1 Å². The quantitative estimate of drug-likeness (QED) is 0.0807. The average molecular weight is 723 g/mol. The Morgan fingerprint density at radius 3 is 1.26 bits per heavy atom. The normalized spacial score (nSPS) is 10.4. The molecule has 0 radical (unpaired) electrons. The summed E-state index contributed by atoms with van der Waals surface area (Å²) in [6.45, 7) is 7.49. The van der Waals surface area contributed by atoms with Crippen LogP contribution in [0, 0.1) is 27.7 Å². The van der Waals surface area contributed by atoms with Crippen molar-refractivity contribution in [2.45, 2.75) is 27.7 Å². The molecule has 0 saturated heterocycles. The van der Waals surface area contributed by atoms with E-state index in [2.05, 4.69) is 20.6 Å². The first-order chi connectivity index (χ1) is 25.7. The summed E-state index contributed by atoms with van der Waals surface area (Å²) in [7, 11) is 0. The van der Waals surface area contributed by atoms with Crippen LogP contribution in [0.5, 0.6) is 0 Å². The number of carboxylic acids is 2. The van der Waals surface area contributed by atoms with Crippen LogP contribution >= 0.6 is 0 Å². The molecule has 0 unspecified atom stereocenters. The van der Waals surface area contributed by atoms with Crippen LogP contribution in [0.2, 0.25) is 0 Å². The topological polar surface area (TPSA) is 211 Å². The number of nitrogens with two attached hydrogens (primary N) is 2. The second-order valence-electron chi connectivity index (χ2n) is 12.6. The van der Waals surface area contributed by atoms with E-state index in [-0.39, 0.29) is 11.1 Å². The van der Waals surface area contributed by atoms with Crippen LogP contribution in [0.15, 0.2) is 109 Å². The van der Waals surface area contributed by atoms with E-state index < -0.39 is 23.8 Å². The standard InChI is InChI=1S/2C21H19N3O3/c2*1-12-6-7-18(17(8-12)21(26)27)24-16-9-13(2)19(23-11-16)14-4-3-5-15(10-14)20(22)25/h2*3-11,24H,1-2H3,(H2,22,25)(H,26,27). The van der Waals surface area contributed by atoms with Crippen LogP contribution in [-0.2, 0) is 0 Å². The zero-order chi connectivity index (χ0) is 39.1. The lowest BCUT2D eigenvalue weighted by Crippen LogP contribution is -2.10. The smallest absolute Gasteiger partial charge is 0.337 e. The van der Waals surface area contributed by atoms with Gasteiger partial charge in [0.15, 0.2) is 0 Å². The third-order valence-corrected chi connectivity index (χ3v) is 8.37. The third-order valence-electron chi connectivity index (χ3n) is 8.37. The Kier molecular flexibility index (Phi) is 11.5. The number of rotatable bonds is 10. The highest BCUT2D eigenvalue weighted by molar-refractivity contribution is 5.97. The minimum atomic E-state index is -0.995. The van der Waals surface area contributed by atoms with Gasteiger partial charge in [-0.3, -0.25) is 19.6 Å². The van der Waals surface area contributed by atoms with Gasteiger partial charge in [0, 0.05) is 22.3 Å². The third kappa shape index (κ3) is 9.11. The van der Waals surface area contributed by atoms with Gasteiger partial charge in [-0.2, -0.15) is 0 Å². The summed E-state index contributed by atoms with van der Waals surface area (Å²) in [5.74, 6) is -2.97. The zero-order valence-corrected chi connectivity index (χ0v) is 30.0. The molecule has 54 heavy (non-hydrogen) atoms. The number of amides is 2. The van der Waals surface area contributed by atoms with Crippen molar-refractivity contribution in [1.82, 2.24) is 9.97 Å². The van der Waals surface area contributed by atoms with Gasteiger partial charge in [0.25, 0.3) is 0 Å². The fourth-order valence-electron chi connectivity index (χ4n) is 5.73. The van der Waals surface area contributed by atoms with Gasteiger partial charge in [-0.25, -0.2) is 9.59 Å². The fourth-order valence-corrected chi connectivity index (χ4v) is 5.73. The van der Waals surface area contributed by atoms with E-state index >= 15 is 0 Å². The summed E-state index contributed by atoms with van der Waals surface area (Å²) in [4.78, 5) is 54.6. The van der Waals surface area contributed by atoms with Crippen LogP contribution in [0.4, 0.5) is 22.7 Å². The lowest BCUT2D eigenvalue weighted by Gasteiger charge is -2.13. The van der Waals surface area contributed by atoms with Crippen LogP contribution in [0.25, 0.3) is 22.5 Å². The average Bonchev–Trinajstić information content (AvgIpc) is 3.13. The Balaban J connectivity index is 0.000000208. The second kappa shape index (κ2) is 16.3. The number of carbonyl (C=O) groups is 4. The van der Waals surface area contributed by atoms with Crippen molar-refractivity contribution in [2.75, 3.05) is 10.6 Å². The first kappa shape index (κ1) is 37.9. The molecule has 0 atom stereocenters. The Labute approximate surface area is 311 Å². The molecular formula is C42H38N6O6. The molecule has 2 aromatic heterocycles. The van der Waals surface area contributed by atoms with E-state index in [9.17, 15) is 29.4 Å². The van der Waals surface area contributed by atoms with Crippen molar-refractivity contribution < 1.29 is 29.4 Å². The molecule has 6 rings (SSSR count). The summed E-state index contributed by atoms with van der Waals surface area (Å²) in [5, 5.41) is 25.0. The summed E-state index contributed by atoms with van der Waals surface area (Å²) < 4.78 is 0. The van der Waals surface area contributed by atoms with E-state index in [0.29, 0.717) is 33.9 Å². The molecule has 12 heteroatoms. The molecule has 0 bridgehead atoms. The summed E-state index contributed by atoms with van der Waals surface area (Å²) >= 11 is 0. The molecule has 2 heterocycles. The van der Waals surface area contributed by atoms with Crippen LogP contribution in [-0.4, -0.2) is 43.9 Å². The van der Waals surface area contributed by atoms with E-state index in [1.165, 1.54) is 0 Å². The van der Waals surface area contributed by atoms with E-state index in [4.69, 9.17) is 11.5 Å². The molecular weight excluding hydrogens is 684 g/mol. The lowest BCUT2D eigenvalue weighted by molar-refractivity contribution is 0.0687. The lowest BCUT2D eigenvalue weighted by atomic mass is 10.0. The van der Waals surface area contributed by atoms with Gasteiger partial charge in [0.1, 0.15) is 0 Å². The van der Waals surface area contributed by atoms with Crippen molar-refractivity contribution in [2.24, 2.45) is 11.5 Å². The molecule has 0 aliphatic carbocycles. The molecule has 6 aromatic rings. The molecule has 0 saturated carbocycles. The number of pyridine rings is 2. The summed E-state index contributed by atoms with van der Waals surface area (Å²) in [6.07, 6.45) is 3.26. The van der Waals surface area contributed by atoms with Crippen molar-refractivity contribution in [3.05, 3.63) is 154 Å². The molecule has 0 aliphatic heterocycles. The number of carbonyl (C=O) groups excluding carboxylic acids is 2. The second-order valence-corrected chi connectivity index (χ2v) is 12.6. The SMILES string of the molecule is Cc1ccc(Nc2cnc(-c3cccc(C(N)=O)c3)c(C)c2)c(C(=O)O)c1.Cc1ccc(Nc2cnc(-c3cccc(C(N)=O)c3)c(C)c2)c(C(=O)O)c1. The van der Waals surface area contributed by atoms with Gasteiger partial charge in [0.05, 0.1) is 57.7 Å². The molecule has 0 fully saturated rings. The predicted molar refractivity (Wildman–Crippen MR) is 209 cm³/mol. The number of carboxylic acid groups (broad SMARTS) is 2. The molecule has 12 nitrogen and oxygen atoms in total. The van der Waals surface area contributed by atoms with Crippen molar-refractivity contribution in [3.63, 3.8) is 0 Å². The highest BCUT2D eigenvalue weighted by atomic mass is 16.4. The summed E-state index contributed by atoms with van der Waals surface area (Å²) in [5.41, 5.74) is 20.8. The number of aromatic nitrogens is 2. The van der Waals surface area contributed by atoms with Gasteiger partial charge in [0.2, 0.25) is 11.8 Å². The first-order valence-corrected chi connectivity index (χ1v) is 16.7. The van der Waals surface area contributed by atoms with E-state index in [0.717, 1.165) is 44.8 Å². The number of nitrogens with one attached hydrogen (secondary N) is 2. The zero-order valence-electron chi connectivity index (χ0n) is 30.0.